The Morgan fingerprint density at radius 1 is 1.42 bits per heavy atom. The highest BCUT2D eigenvalue weighted by Crippen LogP contribution is 2.48. The standard InChI is InChI=1S/C10H12N2/c1-3-8-9(11-6-1)10(7-12-8)4-2-5-10/h1,3,6,12H,2,4-5,7H2. The van der Waals surface area contributed by atoms with Crippen molar-refractivity contribution in [3.05, 3.63) is 24.0 Å². The van der Waals surface area contributed by atoms with Crippen molar-refractivity contribution in [3.8, 4) is 0 Å². The Morgan fingerprint density at radius 2 is 2.33 bits per heavy atom. The molecule has 0 radical (unpaired) electrons. The summed E-state index contributed by atoms with van der Waals surface area (Å²) in [7, 11) is 0. The molecule has 1 fully saturated rings. The first-order valence-corrected chi connectivity index (χ1v) is 4.60. The van der Waals surface area contributed by atoms with E-state index in [-0.39, 0.29) is 0 Å². The van der Waals surface area contributed by atoms with Crippen molar-refractivity contribution in [3.63, 3.8) is 0 Å². The van der Waals surface area contributed by atoms with Crippen LogP contribution in [0.15, 0.2) is 18.3 Å². The Labute approximate surface area is 72.0 Å². The van der Waals surface area contributed by atoms with Crippen LogP contribution in [-0.4, -0.2) is 11.5 Å². The zero-order valence-electron chi connectivity index (χ0n) is 7.01. The molecule has 0 aromatic carbocycles. The lowest BCUT2D eigenvalue weighted by atomic mass is 9.68. The molecule has 2 nitrogen and oxygen atoms in total. The van der Waals surface area contributed by atoms with Gasteiger partial charge in [0.1, 0.15) is 0 Å². The number of nitrogens with zero attached hydrogens (tertiary/aromatic N) is 1. The molecule has 0 bridgehead atoms. The molecule has 2 heteroatoms. The first-order valence-electron chi connectivity index (χ1n) is 4.60. The van der Waals surface area contributed by atoms with Gasteiger partial charge in [0.15, 0.2) is 0 Å². The van der Waals surface area contributed by atoms with Crippen LogP contribution in [0.5, 0.6) is 0 Å². The molecule has 0 saturated heterocycles. The third kappa shape index (κ3) is 0.631. The zero-order chi connectivity index (χ0) is 8.02. The Kier molecular flexibility index (Phi) is 1.08. The van der Waals surface area contributed by atoms with Crippen LogP contribution >= 0.6 is 0 Å². The number of hydrogen-bond donors (Lipinski definition) is 1. The molecular weight excluding hydrogens is 148 g/mol. The molecule has 2 heterocycles. The van der Waals surface area contributed by atoms with Gasteiger partial charge < -0.3 is 5.32 Å². The topological polar surface area (TPSA) is 24.9 Å². The summed E-state index contributed by atoms with van der Waals surface area (Å²) in [6.45, 7) is 1.11. The number of aromatic nitrogens is 1. The molecule has 1 aliphatic heterocycles. The van der Waals surface area contributed by atoms with E-state index >= 15 is 0 Å². The van der Waals surface area contributed by atoms with Crippen LogP contribution < -0.4 is 5.32 Å². The molecule has 3 rings (SSSR count). The molecule has 2 aliphatic rings. The van der Waals surface area contributed by atoms with E-state index in [4.69, 9.17) is 0 Å². The minimum absolute atomic E-state index is 0.427. The van der Waals surface area contributed by atoms with Gasteiger partial charge in [0, 0.05) is 18.2 Å². The van der Waals surface area contributed by atoms with Crippen molar-refractivity contribution in [2.24, 2.45) is 0 Å². The van der Waals surface area contributed by atoms with Crippen molar-refractivity contribution >= 4 is 5.69 Å². The maximum absolute atomic E-state index is 4.47. The quantitative estimate of drug-likeness (QED) is 0.627. The molecule has 1 N–H and O–H groups in total. The molecule has 62 valence electrons. The molecular formula is C10H12N2. The van der Waals surface area contributed by atoms with Gasteiger partial charge in [-0.15, -0.1) is 0 Å². The van der Waals surface area contributed by atoms with E-state index in [2.05, 4.69) is 16.4 Å². The van der Waals surface area contributed by atoms with Gasteiger partial charge in [-0.05, 0) is 25.0 Å². The smallest absolute Gasteiger partial charge is 0.0713 e. The van der Waals surface area contributed by atoms with Gasteiger partial charge in [-0.25, -0.2) is 0 Å². The SMILES string of the molecule is c1cnc2c(c1)NCC21CCC1. The van der Waals surface area contributed by atoms with Crippen LogP contribution in [0.2, 0.25) is 0 Å². The highest BCUT2D eigenvalue weighted by atomic mass is 15.0. The number of hydrogen-bond acceptors (Lipinski definition) is 2. The van der Waals surface area contributed by atoms with Crippen molar-refractivity contribution in [2.45, 2.75) is 24.7 Å². The Morgan fingerprint density at radius 3 is 3.08 bits per heavy atom. The second kappa shape index (κ2) is 2.00. The molecule has 1 saturated carbocycles. The largest absolute Gasteiger partial charge is 0.383 e. The van der Waals surface area contributed by atoms with Gasteiger partial charge in [0.25, 0.3) is 0 Å². The third-order valence-electron chi connectivity index (χ3n) is 3.24. The highest BCUT2D eigenvalue weighted by Gasteiger charge is 2.44. The maximum Gasteiger partial charge on any atom is 0.0713 e. The van der Waals surface area contributed by atoms with E-state index in [0.717, 1.165) is 6.54 Å². The van der Waals surface area contributed by atoms with Crippen molar-refractivity contribution in [1.82, 2.24) is 4.98 Å². The van der Waals surface area contributed by atoms with Crippen molar-refractivity contribution in [2.75, 3.05) is 11.9 Å². The summed E-state index contributed by atoms with van der Waals surface area (Å²) >= 11 is 0. The van der Waals surface area contributed by atoms with Crippen LogP contribution in [0.1, 0.15) is 25.0 Å². The third-order valence-corrected chi connectivity index (χ3v) is 3.24. The van der Waals surface area contributed by atoms with Crippen LogP contribution in [0.4, 0.5) is 5.69 Å². The van der Waals surface area contributed by atoms with E-state index in [1.54, 1.807) is 0 Å². The molecule has 1 spiro atoms. The lowest BCUT2D eigenvalue weighted by Gasteiger charge is -2.37. The number of pyridine rings is 1. The van der Waals surface area contributed by atoms with E-state index in [9.17, 15) is 0 Å². The predicted octanol–water partition coefficient (Wildman–Crippen LogP) is 1.93. The number of rotatable bonds is 0. The van der Waals surface area contributed by atoms with E-state index in [0.29, 0.717) is 5.41 Å². The fourth-order valence-electron chi connectivity index (χ4n) is 2.34. The summed E-state index contributed by atoms with van der Waals surface area (Å²) < 4.78 is 0. The monoisotopic (exact) mass is 160 g/mol. The van der Waals surface area contributed by atoms with Gasteiger partial charge >= 0.3 is 0 Å². The van der Waals surface area contributed by atoms with Gasteiger partial charge in [0.05, 0.1) is 11.4 Å². The number of fused-ring (bicyclic) bond motifs is 2. The highest BCUT2D eigenvalue weighted by molar-refractivity contribution is 5.57. The molecule has 0 amide bonds. The fraction of sp³-hybridized carbons (Fsp3) is 0.500. The molecule has 0 unspecified atom stereocenters. The minimum atomic E-state index is 0.427. The van der Waals surface area contributed by atoms with E-state index in [1.165, 1.54) is 30.6 Å². The van der Waals surface area contributed by atoms with Crippen LogP contribution in [0.3, 0.4) is 0 Å². The van der Waals surface area contributed by atoms with Gasteiger partial charge in [0.2, 0.25) is 0 Å². The maximum atomic E-state index is 4.47. The van der Waals surface area contributed by atoms with Gasteiger partial charge in [-0.1, -0.05) is 6.42 Å². The lowest BCUT2D eigenvalue weighted by Crippen LogP contribution is -2.36. The van der Waals surface area contributed by atoms with Crippen molar-refractivity contribution in [1.29, 1.82) is 0 Å². The zero-order valence-corrected chi connectivity index (χ0v) is 7.01. The summed E-state index contributed by atoms with van der Waals surface area (Å²) in [4.78, 5) is 4.47. The molecule has 1 aromatic rings. The summed E-state index contributed by atoms with van der Waals surface area (Å²) in [5.74, 6) is 0. The second-order valence-electron chi connectivity index (χ2n) is 3.89. The summed E-state index contributed by atoms with van der Waals surface area (Å²) in [6.07, 6.45) is 5.93. The Hall–Kier alpha value is -1.05. The van der Waals surface area contributed by atoms with E-state index < -0.39 is 0 Å². The predicted molar refractivity (Wildman–Crippen MR) is 48.3 cm³/mol. The molecule has 1 aromatic heterocycles. The Bertz CT molecular complexity index is 315. The first-order chi connectivity index (χ1) is 5.91. The summed E-state index contributed by atoms with van der Waals surface area (Å²) in [5, 5.41) is 3.43. The van der Waals surface area contributed by atoms with E-state index in [1.807, 2.05) is 12.3 Å². The summed E-state index contributed by atoms with van der Waals surface area (Å²) in [6, 6.07) is 4.14. The van der Waals surface area contributed by atoms with Crippen LogP contribution in [-0.2, 0) is 5.41 Å². The normalized spacial score (nSPS) is 23.0. The average molecular weight is 160 g/mol. The van der Waals surface area contributed by atoms with Crippen molar-refractivity contribution < 1.29 is 0 Å². The lowest BCUT2D eigenvalue weighted by molar-refractivity contribution is 0.265. The molecule has 12 heavy (non-hydrogen) atoms. The molecule has 0 atom stereocenters. The summed E-state index contributed by atoms with van der Waals surface area (Å²) in [5.41, 5.74) is 3.00. The Balaban J connectivity index is 2.13. The first kappa shape index (κ1) is 6.46. The van der Waals surface area contributed by atoms with Crippen LogP contribution in [0.25, 0.3) is 0 Å². The van der Waals surface area contributed by atoms with Gasteiger partial charge in [-0.3, -0.25) is 4.98 Å². The molecule has 1 aliphatic carbocycles. The fourth-order valence-corrected chi connectivity index (χ4v) is 2.34. The number of nitrogens with one attached hydrogen (secondary N) is 1. The number of anilines is 1. The second-order valence-corrected chi connectivity index (χ2v) is 3.89. The van der Waals surface area contributed by atoms with Crippen LogP contribution in [0, 0.1) is 0 Å². The average Bonchev–Trinajstić information content (AvgIpc) is 2.42. The van der Waals surface area contributed by atoms with Gasteiger partial charge in [-0.2, -0.15) is 0 Å². The minimum Gasteiger partial charge on any atom is -0.383 e.